The van der Waals surface area contributed by atoms with Crippen LogP contribution in [0.4, 0.5) is 0 Å². The third-order valence-electron chi connectivity index (χ3n) is 2.09. The van der Waals surface area contributed by atoms with Gasteiger partial charge in [-0.1, -0.05) is 20.8 Å². The molecule has 112 valence electrons. The molecule has 0 aromatic heterocycles. The Morgan fingerprint density at radius 2 is 1.20 bits per heavy atom. The van der Waals surface area contributed by atoms with E-state index in [4.69, 9.17) is 14.2 Å². The number of hydrogen-bond acceptors (Lipinski definition) is 7. The van der Waals surface area contributed by atoms with Crippen LogP contribution in [0.2, 0.25) is 0 Å². The second-order valence-electron chi connectivity index (χ2n) is 3.80. The molecule has 0 rings (SSSR count). The van der Waals surface area contributed by atoms with Crippen molar-refractivity contribution in [2.24, 2.45) is 0 Å². The van der Waals surface area contributed by atoms with Gasteiger partial charge in [0, 0.05) is 19.3 Å². The normalized spacial score (nSPS) is 10.2. The zero-order valence-corrected chi connectivity index (χ0v) is 11.4. The Bertz CT molecular complexity index is 310. The number of hydrogen-bond donors (Lipinski definition) is 1. The summed E-state index contributed by atoms with van der Waals surface area (Å²) in [6.07, 6.45) is 0.269. The molecular formula is C12H21NaO7. The van der Waals surface area contributed by atoms with Crippen LogP contribution in [-0.4, -0.2) is 71.6 Å². The van der Waals surface area contributed by atoms with Crippen LogP contribution in [0.1, 0.15) is 40.0 Å². The average Bonchev–Trinajstić information content (AvgIpc) is 2.42. The number of ether oxygens (including phenoxy) is 3. The summed E-state index contributed by atoms with van der Waals surface area (Å²) in [5, 5.41) is 10.0. The van der Waals surface area contributed by atoms with Crippen molar-refractivity contribution in [2.45, 2.75) is 45.8 Å². The predicted molar refractivity (Wildman–Crippen MR) is 71.0 cm³/mol. The maximum atomic E-state index is 11.2. The fourth-order valence-electron chi connectivity index (χ4n) is 0.975. The molecule has 0 saturated heterocycles. The van der Waals surface area contributed by atoms with E-state index in [-0.39, 0.29) is 48.8 Å². The van der Waals surface area contributed by atoms with E-state index in [0.717, 1.165) is 0 Å². The summed E-state index contributed by atoms with van der Waals surface area (Å²) in [5.74, 6) is -3.97. The van der Waals surface area contributed by atoms with Gasteiger partial charge in [-0.25, -0.2) is 0 Å². The molecule has 0 aliphatic carbocycles. The summed E-state index contributed by atoms with van der Waals surface area (Å²) in [5.41, 5.74) is 0. The van der Waals surface area contributed by atoms with E-state index in [0.29, 0.717) is 0 Å². The van der Waals surface area contributed by atoms with Gasteiger partial charge >= 0.3 is 47.5 Å². The molecule has 0 amide bonds. The Labute approximate surface area is 140 Å². The fraction of sp³-hybridized carbons (Fsp3) is 0.750. The number of rotatable bonds is 8. The van der Waals surface area contributed by atoms with Gasteiger partial charge < -0.3 is 19.3 Å². The van der Waals surface area contributed by atoms with Crippen molar-refractivity contribution in [2.75, 3.05) is 13.2 Å². The van der Waals surface area contributed by atoms with Crippen molar-refractivity contribution >= 4 is 47.5 Å². The topological polar surface area (TPSA) is 99.1 Å². The zero-order chi connectivity index (χ0) is 14.9. The summed E-state index contributed by atoms with van der Waals surface area (Å²) in [6, 6.07) is 0. The summed E-state index contributed by atoms with van der Waals surface area (Å²) >= 11 is 0. The van der Waals surface area contributed by atoms with E-state index in [2.05, 4.69) is 0 Å². The van der Waals surface area contributed by atoms with Crippen molar-refractivity contribution in [1.82, 2.24) is 0 Å². The maximum absolute atomic E-state index is 11.2. The number of carbonyl (C=O) groups excluding carboxylic acids is 3. The van der Waals surface area contributed by atoms with Crippen LogP contribution in [-0.2, 0) is 28.6 Å². The van der Waals surface area contributed by atoms with Crippen LogP contribution < -0.4 is 0 Å². The third-order valence-corrected chi connectivity index (χ3v) is 2.09. The van der Waals surface area contributed by atoms with Gasteiger partial charge in [0.2, 0.25) is 0 Å². The quantitative estimate of drug-likeness (QED) is 0.289. The van der Waals surface area contributed by atoms with Crippen LogP contribution in [0.15, 0.2) is 0 Å². The Kier molecular flexibility index (Phi) is 12.0. The Hall–Kier alpha value is -0.630. The Morgan fingerprint density at radius 1 is 0.850 bits per heavy atom. The summed E-state index contributed by atoms with van der Waals surface area (Å²) in [4.78, 5) is 33.2. The van der Waals surface area contributed by atoms with Gasteiger partial charge in [-0.05, 0) is 0 Å². The van der Waals surface area contributed by atoms with Gasteiger partial charge in [0.25, 0.3) is 5.79 Å². The van der Waals surface area contributed by atoms with E-state index >= 15 is 0 Å². The van der Waals surface area contributed by atoms with Gasteiger partial charge in [0.15, 0.2) is 13.2 Å². The molecule has 0 saturated carbocycles. The molecular weight excluding hydrogens is 279 g/mol. The van der Waals surface area contributed by atoms with Gasteiger partial charge in [-0.2, -0.15) is 0 Å². The van der Waals surface area contributed by atoms with Crippen LogP contribution in [0, 0.1) is 0 Å². The minimum atomic E-state index is -2.15. The molecule has 20 heavy (non-hydrogen) atoms. The SMILES string of the molecule is CCC(=O)OCC(O)(COC(=O)CC)OC(=O)CC.[NaH]. The molecule has 0 radical (unpaired) electrons. The van der Waals surface area contributed by atoms with Crippen molar-refractivity contribution in [3.63, 3.8) is 0 Å². The molecule has 0 unspecified atom stereocenters. The summed E-state index contributed by atoms with van der Waals surface area (Å²) in [6.45, 7) is 3.54. The van der Waals surface area contributed by atoms with Crippen molar-refractivity contribution in [3.8, 4) is 0 Å². The first-order valence-electron chi connectivity index (χ1n) is 6.12. The number of aliphatic hydroxyl groups is 1. The molecule has 0 aliphatic heterocycles. The molecule has 0 spiro atoms. The molecule has 0 aromatic rings. The summed E-state index contributed by atoms with van der Waals surface area (Å²) < 4.78 is 14.2. The monoisotopic (exact) mass is 300 g/mol. The van der Waals surface area contributed by atoms with Crippen molar-refractivity contribution in [3.05, 3.63) is 0 Å². The predicted octanol–water partition coefficient (Wildman–Crippen LogP) is -0.114. The molecule has 0 aliphatic rings. The molecule has 0 bridgehead atoms. The second kappa shape index (κ2) is 11.1. The van der Waals surface area contributed by atoms with E-state index in [1.54, 1.807) is 20.8 Å². The Balaban J connectivity index is 0. The standard InChI is InChI=1S/C12H20O7.Na.H/c1-4-9(13)17-7-12(16,19-11(15)6-3)8-18-10(14)5-2;;/h16H,4-8H2,1-3H3;;. The van der Waals surface area contributed by atoms with Crippen LogP contribution in [0.5, 0.6) is 0 Å². The number of carbonyl (C=O) groups is 3. The van der Waals surface area contributed by atoms with Crippen molar-refractivity contribution in [1.29, 1.82) is 0 Å². The van der Waals surface area contributed by atoms with Crippen molar-refractivity contribution < 1.29 is 33.7 Å². The fourth-order valence-corrected chi connectivity index (χ4v) is 0.975. The van der Waals surface area contributed by atoms with Gasteiger partial charge in [-0.15, -0.1) is 0 Å². The molecule has 1 N–H and O–H groups in total. The van der Waals surface area contributed by atoms with Crippen LogP contribution in [0.3, 0.4) is 0 Å². The molecule has 7 nitrogen and oxygen atoms in total. The molecule has 8 heteroatoms. The first-order valence-corrected chi connectivity index (χ1v) is 6.12. The second-order valence-corrected chi connectivity index (χ2v) is 3.80. The molecule has 0 fully saturated rings. The molecule has 0 atom stereocenters. The Morgan fingerprint density at radius 3 is 1.50 bits per heavy atom. The first kappa shape index (κ1) is 21.7. The van der Waals surface area contributed by atoms with Gasteiger partial charge in [0.05, 0.1) is 0 Å². The van der Waals surface area contributed by atoms with E-state index in [9.17, 15) is 19.5 Å². The minimum absolute atomic E-state index is 0. The van der Waals surface area contributed by atoms with E-state index in [1.807, 2.05) is 0 Å². The third kappa shape index (κ3) is 9.30. The van der Waals surface area contributed by atoms with Gasteiger partial charge in [0.1, 0.15) is 0 Å². The van der Waals surface area contributed by atoms with Gasteiger partial charge in [-0.3, -0.25) is 14.4 Å². The van der Waals surface area contributed by atoms with Crippen LogP contribution in [0.25, 0.3) is 0 Å². The summed E-state index contributed by atoms with van der Waals surface area (Å²) in [7, 11) is 0. The first-order chi connectivity index (χ1) is 8.86. The molecule has 0 aromatic carbocycles. The zero-order valence-electron chi connectivity index (χ0n) is 11.4. The van der Waals surface area contributed by atoms with E-state index < -0.39 is 36.9 Å². The number of esters is 3. The average molecular weight is 300 g/mol. The van der Waals surface area contributed by atoms with Crippen LogP contribution >= 0.6 is 0 Å². The molecule has 0 heterocycles. The van der Waals surface area contributed by atoms with E-state index in [1.165, 1.54) is 0 Å².